The predicted octanol–water partition coefficient (Wildman–Crippen LogP) is 2.92. The summed E-state index contributed by atoms with van der Waals surface area (Å²) in [5, 5.41) is 6.47. The first-order valence-electron chi connectivity index (χ1n) is 7.19. The van der Waals surface area contributed by atoms with Gasteiger partial charge in [-0.3, -0.25) is 4.79 Å². The number of nitrogens with one attached hydrogen (secondary N) is 2. The molecule has 1 atom stereocenters. The van der Waals surface area contributed by atoms with Gasteiger partial charge in [0.15, 0.2) is 0 Å². The summed E-state index contributed by atoms with van der Waals surface area (Å²) in [6, 6.07) is 4.53. The zero-order valence-electron chi connectivity index (χ0n) is 12.3. The summed E-state index contributed by atoms with van der Waals surface area (Å²) in [5.74, 6) is 0.783. The number of rotatable bonds is 5. The van der Waals surface area contributed by atoms with Crippen LogP contribution in [-0.2, 0) is 11.2 Å². The van der Waals surface area contributed by atoms with Gasteiger partial charge in [0.25, 0.3) is 0 Å². The lowest BCUT2D eigenvalue weighted by Gasteiger charge is -2.23. The molecule has 1 aliphatic heterocycles. The van der Waals surface area contributed by atoms with E-state index < -0.39 is 0 Å². The monoisotopic (exact) mass is 316 g/mol. The number of halogens is 1. The van der Waals surface area contributed by atoms with Crippen LogP contribution in [0.5, 0.6) is 0 Å². The zero-order valence-corrected chi connectivity index (χ0v) is 13.9. The van der Waals surface area contributed by atoms with Gasteiger partial charge in [-0.2, -0.15) is 0 Å². The van der Waals surface area contributed by atoms with Gasteiger partial charge in [-0.25, -0.2) is 0 Å². The van der Waals surface area contributed by atoms with E-state index >= 15 is 0 Å². The normalized spacial score (nSPS) is 17.3. The molecule has 20 heavy (non-hydrogen) atoms. The van der Waals surface area contributed by atoms with Crippen LogP contribution in [0.2, 0.25) is 0 Å². The van der Waals surface area contributed by atoms with E-state index in [9.17, 15) is 4.79 Å². The molecule has 0 bridgehead atoms. The Bertz CT molecular complexity index is 416. The van der Waals surface area contributed by atoms with Gasteiger partial charge in [0, 0.05) is 28.6 Å². The summed E-state index contributed by atoms with van der Waals surface area (Å²) >= 11 is 1.82. The maximum atomic E-state index is 12.0. The third kappa shape index (κ3) is 5.81. The highest BCUT2D eigenvalue weighted by Crippen LogP contribution is 2.18. The first kappa shape index (κ1) is 17.5. The Balaban J connectivity index is 0.00000200. The Labute approximate surface area is 131 Å². The Morgan fingerprint density at radius 3 is 2.75 bits per heavy atom. The average Bonchev–Trinajstić information content (AvgIpc) is 2.75. The second-order valence-corrected chi connectivity index (χ2v) is 6.95. The second-order valence-electron chi connectivity index (χ2n) is 5.58. The van der Waals surface area contributed by atoms with E-state index in [1.165, 1.54) is 9.75 Å². The van der Waals surface area contributed by atoms with Crippen molar-refractivity contribution in [2.24, 2.45) is 5.92 Å². The molecule has 5 heteroatoms. The summed E-state index contributed by atoms with van der Waals surface area (Å²) < 4.78 is 0. The van der Waals surface area contributed by atoms with Crippen LogP contribution < -0.4 is 10.6 Å². The lowest BCUT2D eigenvalue weighted by atomic mass is 9.94. The minimum absolute atomic E-state index is 0. The molecule has 1 saturated heterocycles. The first-order chi connectivity index (χ1) is 9.13. The van der Waals surface area contributed by atoms with Crippen molar-refractivity contribution in [1.29, 1.82) is 0 Å². The van der Waals surface area contributed by atoms with Crippen molar-refractivity contribution in [2.75, 3.05) is 13.1 Å². The molecule has 2 heterocycles. The molecular weight excluding hydrogens is 292 g/mol. The molecular formula is C15H25ClN2OS. The summed E-state index contributed by atoms with van der Waals surface area (Å²) in [6.45, 7) is 6.33. The van der Waals surface area contributed by atoms with Crippen molar-refractivity contribution in [2.45, 2.75) is 45.6 Å². The molecule has 3 nitrogen and oxygen atoms in total. The van der Waals surface area contributed by atoms with Crippen molar-refractivity contribution >= 4 is 29.7 Å². The standard InChI is InChI=1S/C15H24N2OS.ClH/c1-11(9-14-4-3-12(2)19-14)17-15(18)10-13-5-7-16-8-6-13;/h3-4,11,13,16H,5-10H2,1-2H3,(H,17,18);1H. The van der Waals surface area contributed by atoms with Gasteiger partial charge in [-0.05, 0) is 57.8 Å². The van der Waals surface area contributed by atoms with E-state index in [1.807, 2.05) is 11.3 Å². The third-order valence-corrected chi connectivity index (χ3v) is 4.67. The predicted molar refractivity (Wildman–Crippen MR) is 87.8 cm³/mol. The van der Waals surface area contributed by atoms with Crippen molar-refractivity contribution in [3.8, 4) is 0 Å². The number of piperidine rings is 1. The summed E-state index contributed by atoms with van der Waals surface area (Å²) in [4.78, 5) is 14.7. The summed E-state index contributed by atoms with van der Waals surface area (Å²) in [7, 11) is 0. The lowest BCUT2D eigenvalue weighted by molar-refractivity contribution is -0.122. The van der Waals surface area contributed by atoms with Crippen LogP contribution in [-0.4, -0.2) is 25.0 Å². The molecule has 1 amide bonds. The Kier molecular flexibility index (Phi) is 7.56. The van der Waals surface area contributed by atoms with Crippen LogP contribution in [0.25, 0.3) is 0 Å². The number of carbonyl (C=O) groups is 1. The van der Waals surface area contributed by atoms with Gasteiger partial charge in [0.05, 0.1) is 0 Å². The third-order valence-electron chi connectivity index (χ3n) is 3.64. The number of hydrogen-bond donors (Lipinski definition) is 2. The molecule has 0 aliphatic carbocycles. The molecule has 0 spiro atoms. The van der Waals surface area contributed by atoms with Crippen LogP contribution in [0.3, 0.4) is 0 Å². The van der Waals surface area contributed by atoms with Gasteiger partial charge >= 0.3 is 0 Å². The van der Waals surface area contributed by atoms with Gasteiger partial charge in [0.2, 0.25) is 5.91 Å². The quantitative estimate of drug-likeness (QED) is 0.877. The van der Waals surface area contributed by atoms with E-state index in [1.54, 1.807) is 0 Å². The topological polar surface area (TPSA) is 41.1 Å². The molecule has 2 rings (SSSR count). The minimum Gasteiger partial charge on any atom is -0.353 e. The second kappa shape index (κ2) is 8.65. The number of thiophene rings is 1. The van der Waals surface area contributed by atoms with Gasteiger partial charge in [-0.1, -0.05) is 0 Å². The number of amides is 1. The van der Waals surface area contributed by atoms with Crippen LogP contribution in [0, 0.1) is 12.8 Å². The molecule has 0 saturated carbocycles. The molecule has 2 N–H and O–H groups in total. The van der Waals surface area contributed by atoms with E-state index in [2.05, 4.69) is 36.6 Å². The van der Waals surface area contributed by atoms with Crippen LogP contribution >= 0.6 is 23.7 Å². The van der Waals surface area contributed by atoms with E-state index in [-0.39, 0.29) is 24.4 Å². The Morgan fingerprint density at radius 2 is 2.15 bits per heavy atom. The Morgan fingerprint density at radius 1 is 1.45 bits per heavy atom. The number of aryl methyl sites for hydroxylation is 1. The van der Waals surface area contributed by atoms with E-state index in [0.29, 0.717) is 12.3 Å². The van der Waals surface area contributed by atoms with E-state index in [0.717, 1.165) is 32.4 Å². The fraction of sp³-hybridized carbons (Fsp3) is 0.667. The van der Waals surface area contributed by atoms with Crippen LogP contribution in [0.1, 0.15) is 35.9 Å². The number of hydrogen-bond acceptors (Lipinski definition) is 3. The first-order valence-corrected chi connectivity index (χ1v) is 8.00. The number of carbonyl (C=O) groups excluding carboxylic acids is 1. The van der Waals surface area contributed by atoms with Crippen molar-refractivity contribution in [3.05, 3.63) is 21.9 Å². The van der Waals surface area contributed by atoms with Gasteiger partial charge in [-0.15, -0.1) is 23.7 Å². The van der Waals surface area contributed by atoms with Crippen LogP contribution in [0.4, 0.5) is 0 Å². The largest absolute Gasteiger partial charge is 0.353 e. The summed E-state index contributed by atoms with van der Waals surface area (Å²) in [6.07, 6.45) is 3.89. The minimum atomic E-state index is 0. The molecule has 114 valence electrons. The molecule has 1 aromatic rings. The van der Waals surface area contributed by atoms with Gasteiger partial charge in [0.1, 0.15) is 0 Å². The zero-order chi connectivity index (χ0) is 13.7. The highest BCUT2D eigenvalue weighted by atomic mass is 35.5. The van der Waals surface area contributed by atoms with Crippen molar-refractivity contribution in [1.82, 2.24) is 10.6 Å². The van der Waals surface area contributed by atoms with Crippen LogP contribution in [0.15, 0.2) is 12.1 Å². The summed E-state index contributed by atoms with van der Waals surface area (Å²) in [5.41, 5.74) is 0. The maximum Gasteiger partial charge on any atom is 0.220 e. The molecule has 0 aromatic carbocycles. The smallest absolute Gasteiger partial charge is 0.220 e. The average molecular weight is 317 g/mol. The molecule has 1 aliphatic rings. The van der Waals surface area contributed by atoms with Gasteiger partial charge < -0.3 is 10.6 Å². The van der Waals surface area contributed by atoms with Crippen molar-refractivity contribution < 1.29 is 4.79 Å². The van der Waals surface area contributed by atoms with Crippen molar-refractivity contribution in [3.63, 3.8) is 0 Å². The molecule has 1 unspecified atom stereocenters. The fourth-order valence-electron chi connectivity index (χ4n) is 2.63. The Hall–Kier alpha value is -0.580. The molecule has 0 radical (unpaired) electrons. The highest BCUT2D eigenvalue weighted by molar-refractivity contribution is 7.11. The molecule has 1 fully saturated rings. The molecule has 1 aromatic heterocycles. The van der Waals surface area contributed by atoms with E-state index in [4.69, 9.17) is 0 Å². The highest BCUT2D eigenvalue weighted by Gasteiger charge is 2.17. The fourth-order valence-corrected chi connectivity index (χ4v) is 3.65. The lowest BCUT2D eigenvalue weighted by Crippen LogP contribution is -2.37. The maximum absolute atomic E-state index is 12.0. The SMILES string of the molecule is Cc1ccc(CC(C)NC(=O)CC2CCNCC2)s1.Cl.